The average molecular weight is 387 g/mol. The molecule has 1 aliphatic carbocycles. The fraction of sp³-hybridized carbons (Fsp3) is 0.429. The van der Waals surface area contributed by atoms with E-state index in [0.29, 0.717) is 17.2 Å². The molecular formula is C21H26N2O3S. The van der Waals surface area contributed by atoms with Crippen LogP contribution in [0.4, 0.5) is 5.00 Å². The topological polar surface area (TPSA) is 67.4 Å². The number of hydrogen-bond donors (Lipinski definition) is 2. The Labute approximate surface area is 164 Å². The predicted molar refractivity (Wildman–Crippen MR) is 109 cm³/mol. The van der Waals surface area contributed by atoms with Crippen LogP contribution in [0.3, 0.4) is 0 Å². The van der Waals surface area contributed by atoms with E-state index >= 15 is 0 Å². The normalized spacial score (nSPS) is 13.1. The highest BCUT2D eigenvalue weighted by Crippen LogP contribution is 2.38. The third-order valence-electron chi connectivity index (χ3n) is 4.62. The minimum atomic E-state index is -0.329. The van der Waals surface area contributed by atoms with Gasteiger partial charge in [-0.1, -0.05) is 30.3 Å². The molecule has 27 heavy (non-hydrogen) atoms. The number of carbonyl (C=O) groups is 2. The SMILES string of the molecule is CCOC(=O)c1c(NC(=O)CNCCc2ccccc2)sc2c1CCCC2. The molecule has 0 unspecified atom stereocenters. The van der Waals surface area contributed by atoms with Crippen LogP contribution in [0, 0.1) is 0 Å². The molecule has 0 saturated heterocycles. The van der Waals surface area contributed by atoms with Crippen LogP contribution < -0.4 is 10.6 Å². The van der Waals surface area contributed by atoms with Crippen LogP contribution in [0.2, 0.25) is 0 Å². The number of hydrogen-bond acceptors (Lipinski definition) is 5. The van der Waals surface area contributed by atoms with Gasteiger partial charge in [0, 0.05) is 4.88 Å². The number of thiophene rings is 1. The van der Waals surface area contributed by atoms with E-state index in [4.69, 9.17) is 4.74 Å². The van der Waals surface area contributed by atoms with Gasteiger partial charge in [-0.25, -0.2) is 4.79 Å². The highest BCUT2D eigenvalue weighted by atomic mass is 32.1. The Bertz CT molecular complexity index is 786. The van der Waals surface area contributed by atoms with Gasteiger partial charge in [-0.2, -0.15) is 0 Å². The average Bonchev–Trinajstić information content (AvgIpc) is 3.04. The van der Waals surface area contributed by atoms with E-state index in [2.05, 4.69) is 22.8 Å². The van der Waals surface area contributed by atoms with E-state index in [1.165, 1.54) is 21.8 Å². The van der Waals surface area contributed by atoms with Crippen LogP contribution in [-0.2, 0) is 28.8 Å². The van der Waals surface area contributed by atoms with Gasteiger partial charge in [-0.05, 0) is 56.7 Å². The number of carbonyl (C=O) groups excluding carboxylic acids is 2. The minimum Gasteiger partial charge on any atom is -0.462 e. The summed E-state index contributed by atoms with van der Waals surface area (Å²) >= 11 is 1.52. The Kier molecular flexibility index (Phi) is 7.01. The van der Waals surface area contributed by atoms with Gasteiger partial charge in [0.15, 0.2) is 0 Å². The first-order valence-corrected chi connectivity index (χ1v) is 10.4. The Morgan fingerprint density at radius 3 is 2.70 bits per heavy atom. The van der Waals surface area contributed by atoms with Gasteiger partial charge in [-0.3, -0.25) is 4.79 Å². The van der Waals surface area contributed by atoms with Gasteiger partial charge in [0.05, 0.1) is 18.7 Å². The van der Waals surface area contributed by atoms with E-state index in [0.717, 1.165) is 44.2 Å². The largest absolute Gasteiger partial charge is 0.462 e. The Hall–Kier alpha value is -2.18. The molecule has 5 nitrogen and oxygen atoms in total. The molecule has 144 valence electrons. The lowest BCUT2D eigenvalue weighted by atomic mass is 9.95. The lowest BCUT2D eigenvalue weighted by Crippen LogP contribution is -2.29. The van der Waals surface area contributed by atoms with Gasteiger partial charge < -0.3 is 15.4 Å². The maximum Gasteiger partial charge on any atom is 0.341 e. The smallest absolute Gasteiger partial charge is 0.341 e. The summed E-state index contributed by atoms with van der Waals surface area (Å²) < 4.78 is 5.22. The van der Waals surface area contributed by atoms with Crippen LogP contribution in [0.5, 0.6) is 0 Å². The van der Waals surface area contributed by atoms with E-state index in [-0.39, 0.29) is 18.4 Å². The molecular weight excluding hydrogens is 360 g/mol. The van der Waals surface area contributed by atoms with E-state index < -0.39 is 0 Å². The van der Waals surface area contributed by atoms with Crippen molar-refractivity contribution in [2.45, 2.75) is 39.0 Å². The van der Waals surface area contributed by atoms with Crippen molar-refractivity contribution in [1.82, 2.24) is 5.32 Å². The van der Waals surface area contributed by atoms with Crippen LogP contribution >= 0.6 is 11.3 Å². The number of ether oxygens (including phenoxy) is 1. The summed E-state index contributed by atoms with van der Waals surface area (Å²) in [5.41, 5.74) is 2.87. The lowest BCUT2D eigenvalue weighted by Gasteiger charge is -2.12. The van der Waals surface area contributed by atoms with Crippen molar-refractivity contribution in [3.8, 4) is 0 Å². The third-order valence-corrected chi connectivity index (χ3v) is 5.83. The van der Waals surface area contributed by atoms with Crippen molar-refractivity contribution in [3.05, 3.63) is 51.9 Å². The molecule has 1 amide bonds. The molecule has 0 bridgehead atoms. The summed E-state index contributed by atoms with van der Waals surface area (Å²) in [6, 6.07) is 10.2. The summed E-state index contributed by atoms with van der Waals surface area (Å²) in [6.45, 7) is 3.07. The van der Waals surface area contributed by atoms with Crippen molar-refractivity contribution in [3.63, 3.8) is 0 Å². The monoisotopic (exact) mass is 386 g/mol. The highest BCUT2D eigenvalue weighted by Gasteiger charge is 2.27. The number of esters is 1. The summed E-state index contributed by atoms with van der Waals surface area (Å²) in [6.07, 6.45) is 4.92. The van der Waals surface area contributed by atoms with Crippen LogP contribution in [0.25, 0.3) is 0 Å². The van der Waals surface area contributed by atoms with Gasteiger partial charge >= 0.3 is 5.97 Å². The Morgan fingerprint density at radius 2 is 1.93 bits per heavy atom. The first-order valence-electron chi connectivity index (χ1n) is 9.55. The van der Waals surface area contributed by atoms with Crippen molar-refractivity contribution < 1.29 is 14.3 Å². The zero-order valence-corrected chi connectivity index (χ0v) is 16.5. The summed E-state index contributed by atoms with van der Waals surface area (Å²) in [5.74, 6) is -0.462. The predicted octanol–water partition coefficient (Wildman–Crippen LogP) is 3.57. The minimum absolute atomic E-state index is 0.132. The molecule has 3 rings (SSSR count). The molecule has 1 aromatic heterocycles. The molecule has 6 heteroatoms. The fourth-order valence-corrected chi connectivity index (χ4v) is 4.62. The maximum atomic E-state index is 12.4. The molecule has 0 radical (unpaired) electrons. The van der Waals surface area contributed by atoms with Gasteiger partial charge in [0.2, 0.25) is 5.91 Å². The van der Waals surface area contributed by atoms with E-state index in [1.807, 2.05) is 18.2 Å². The summed E-state index contributed by atoms with van der Waals surface area (Å²) in [4.78, 5) is 26.0. The maximum absolute atomic E-state index is 12.4. The molecule has 2 N–H and O–H groups in total. The second-order valence-corrected chi connectivity index (χ2v) is 7.70. The lowest BCUT2D eigenvalue weighted by molar-refractivity contribution is -0.115. The van der Waals surface area contributed by atoms with E-state index in [9.17, 15) is 9.59 Å². The molecule has 1 aliphatic rings. The standard InChI is InChI=1S/C21H26N2O3S/c1-2-26-21(25)19-16-10-6-7-11-17(16)27-20(19)23-18(24)14-22-13-12-15-8-4-3-5-9-15/h3-5,8-9,22H,2,6-7,10-14H2,1H3,(H,23,24). The van der Waals surface area contributed by atoms with Crippen molar-refractivity contribution in [2.24, 2.45) is 0 Å². The van der Waals surface area contributed by atoms with Crippen LogP contribution in [0.15, 0.2) is 30.3 Å². The fourth-order valence-electron chi connectivity index (χ4n) is 3.32. The zero-order valence-electron chi connectivity index (χ0n) is 15.7. The molecule has 0 fully saturated rings. The van der Waals surface area contributed by atoms with Gasteiger partial charge in [0.1, 0.15) is 5.00 Å². The summed E-state index contributed by atoms with van der Waals surface area (Å²) in [7, 11) is 0. The van der Waals surface area contributed by atoms with Gasteiger partial charge in [0.25, 0.3) is 0 Å². The van der Waals surface area contributed by atoms with Crippen LogP contribution in [0.1, 0.15) is 46.1 Å². The van der Waals surface area contributed by atoms with E-state index in [1.54, 1.807) is 6.92 Å². The molecule has 0 aliphatic heterocycles. The molecule has 2 aromatic rings. The van der Waals surface area contributed by atoms with Crippen molar-refractivity contribution >= 4 is 28.2 Å². The Balaban J connectivity index is 1.58. The molecule has 1 aromatic carbocycles. The second kappa shape index (κ2) is 9.67. The highest BCUT2D eigenvalue weighted by molar-refractivity contribution is 7.17. The number of amides is 1. The van der Waals surface area contributed by atoms with Gasteiger partial charge in [-0.15, -0.1) is 11.3 Å². The first-order chi connectivity index (χ1) is 13.2. The number of fused-ring (bicyclic) bond motifs is 1. The molecule has 1 heterocycles. The number of rotatable bonds is 8. The first kappa shape index (κ1) is 19.6. The molecule has 0 spiro atoms. The third kappa shape index (κ3) is 5.17. The molecule has 0 saturated carbocycles. The van der Waals surface area contributed by atoms with Crippen LogP contribution in [-0.4, -0.2) is 31.6 Å². The molecule has 0 atom stereocenters. The number of aryl methyl sites for hydroxylation is 1. The second-order valence-electron chi connectivity index (χ2n) is 6.60. The number of anilines is 1. The Morgan fingerprint density at radius 1 is 1.15 bits per heavy atom. The summed E-state index contributed by atoms with van der Waals surface area (Å²) in [5, 5.41) is 6.72. The van der Waals surface area contributed by atoms with Crippen molar-refractivity contribution in [1.29, 1.82) is 0 Å². The zero-order chi connectivity index (χ0) is 19.1. The quantitative estimate of drug-likeness (QED) is 0.538. The number of nitrogens with one attached hydrogen (secondary N) is 2. The number of benzene rings is 1. The van der Waals surface area contributed by atoms with Crippen molar-refractivity contribution in [2.75, 3.05) is 25.0 Å².